The first kappa shape index (κ1) is 17.4. The summed E-state index contributed by atoms with van der Waals surface area (Å²) in [7, 11) is -3.75. The standard InChI is InChI=1S/C16H19N3O5S/c20-15(10-24-16(21)11-6-7-11)18-12-3-1-4-13(9-12)25(22,23)19-14-5-2-8-17-14/h1,3-4,9,11H,2,5-8,10H2,(H,17,19)(H,18,20). The maximum Gasteiger partial charge on any atom is 0.309 e. The fourth-order valence-corrected chi connectivity index (χ4v) is 3.48. The highest BCUT2D eigenvalue weighted by Crippen LogP contribution is 2.30. The molecule has 134 valence electrons. The van der Waals surface area contributed by atoms with Crippen LogP contribution < -0.4 is 10.0 Å². The zero-order chi connectivity index (χ0) is 17.9. The monoisotopic (exact) mass is 365 g/mol. The van der Waals surface area contributed by atoms with Gasteiger partial charge in [0.1, 0.15) is 5.84 Å². The molecule has 0 radical (unpaired) electrons. The number of hydrogen-bond acceptors (Lipinski definition) is 6. The van der Waals surface area contributed by atoms with Gasteiger partial charge >= 0.3 is 5.97 Å². The number of hydrogen-bond donors (Lipinski definition) is 2. The molecule has 1 saturated carbocycles. The highest BCUT2D eigenvalue weighted by atomic mass is 32.2. The van der Waals surface area contributed by atoms with Crippen LogP contribution in [-0.2, 0) is 24.3 Å². The molecule has 0 bridgehead atoms. The van der Waals surface area contributed by atoms with Crippen LogP contribution in [0.25, 0.3) is 0 Å². The highest BCUT2D eigenvalue weighted by molar-refractivity contribution is 7.90. The number of amides is 1. The number of ether oxygens (including phenoxy) is 1. The van der Waals surface area contributed by atoms with E-state index in [4.69, 9.17) is 4.74 Å². The number of sulfonamides is 1. The normalized spacial score (nSPS) is 16.9. The topological polar surface area (TPSA) is 114 Å². The Morgan fingerprint density at radius 2 is 2.08 bits per heavy atom. The van der Waals surface area contributed by atoms with Crippen LogP contribution in [0, 0.1) is 5.92 Å². The molecule has 1 aliphatic heterocycles. The molecule has 1 heterocycles. The van der Waals surface area contributed by atoms with Gasteiger partial charge in [0.2, 0.25) is 0 Å². The summed E-state index contributed by atoms with van der Waals surface area (Å²) in [4.78, 5) is 27.3. The molecule has 1 amide bonds. The number of aliphatic imine (C=N–C) groups is 1. The summed E-state index contributed by atoms with van der Waals surface area (Å²) >= 11 is 0. The highest BCUT2D eigenvalue weighted by Gasteiger charge is 2.31. The summed E-state index contributed by atoms with van der Waals surface area (Å²) in [5.41, 5.74) is 0.309. The summed E-state index contributed by atoms with van der Waals surface area (Å²) in [6.45, 7) is 0.231. The minimum absolute atomic E-state index is 0.0230. The number of rotatable bonds is 6. The van der Waals surface area contributed by atoms with Crippen molar-refractivity contribution in [2.45, 2.75) is 30.6 Å². The summed E-state index contributed by atoms with van der Waals surface area (Å²) in [6, 6.07) is 5.86. The predicted octanol–water partition coefficient (Wildman–Crippen LogP) is 1.05. The third-order valence-electron chi connectivity index (χ3n) is 3.81. The SMILES string of the molecule is O=C(COC(=O)C1CC1)Nc1cccc(S(=O)(=O)NC2=NCCC2)c1. The second kappa shape index (κ2) is 7.22. The minimum Gasteiger partial charge on any atom is -0.455 e. The zero-order valence-corrected chi connectivity index (χ0v) is 14.3. The van der Waals surface area contributed by atoms with Gasteiger partial charge in [0, 0.05) is 18.7 Å². The molecule has 2 N–H and O–H groups in total. The van der Waals surface area contributed by atoms with Crippen molar-refractivity contribution in [2.75, 3.05) is 18.5 Å². The van der Waals surface area contributed by atoms with Crippen LogP contribution in [0.5, 0.6) is 0 Å². The van der Waals surface area contributed by atoms with Gasteiger partial charge in [0.25, 0.3) is 15.9 Å². The number of carbonyl (C=O) groups excluding carboxylic acids is 2. The summed E-state index contributed by atoms with van der Waals surface area (Å²) in [5.74, 6) is -0.517. The molecule has 8 nitrogen and oxygen atoms in total. The average Bonchev–Trinajstić information content (AvgIpc) is 3.31. The molecule has 9 heteroatoms. The van der Waals surface area contributed by atoms with E-state index < -0.39 is 15.9 Å². The van der Waals surface area contributed by atoms with E-state index in [1.807, 2.05) is 0 Å². The largest absolute Gasteiger partial charge is 0.455 e. The lowest BCUT2D eigenvalue weighted by molar-refractivity contribution is -0.148. The van der Waals surface area contributed by atoms with Crippen LogP contribution in [0.4, 0.5) is 5.69 Å². The maximum atomic E-state index is 12.3. The van der Waals surface area contributed by atoms with Crippen molar-refractivity contribution >= 4 is 33.4 Å². The van der Waals surface area contributed by atoms with Gasteiger partial charge in [-0.2, -0.15) is 0 Å². The van der Waals surface area contributed by atoms with Crippen LogP contribution in [0.1, 0.15) is 25.7 Å². The Morgan fingerprint density at radius 3 is 2.76 bits per heavy atom. The van der Waals surface area contributed by atoms with Crippen molar-refractivity contribution < 1.29 is 22.7 Å². The first-order valence-corrected chi connectivity index (χ1v) is 9.55. The van der Waals surface area contributed by atoms with Crippen LogP contribution in [-0.4, -0.2) is 39.3 Å². The molecule has 1 aliphatic carbocycles. The Morgan fingerprint density at radius 1 is 1.28 bits per heavy atom. The Bertz CT molecular complexity index is 815. The van der Waals surface area contributed by atoms with E-state index in [0.717, 1.165) is 19.3 Å². The molecule has 0 aromatic heterocycles. The quantitative estimate of drug-likeness (QED) is 0.732. The third kappa shape index (κ3) is 4.79. The van der Waals surface area contributed by atoms with Crippen LogP contribution in [0.3, 0.4) is 0 Å². The fourth-order valence-electron chi connectivity index (χ4n) is 2.35. The second-order valence-electron chi connectivity index (χ2n) is 6.00. The van der Waals surface area contributed by atoms with Crippen LogP contribution >= 0.6 is 0 Å². The van der Waals surface area contributed by atoms with Crippen molar-refractivity contribution in [1.82, 2.24) is 4.72 Å². The molecule has 0 unspecified atom stereocenters. The van der Waals surface area contributed by atoms with E-state index in [9.17, 15) is 18.0 Å². The summed E-state index contributed by atoms with van der Waals surface area (Å²) < 4.78 is 32.0. The number of carbonyl (C=O) groups is 2. The summed E-state index contributed by atoms with van der Waals surface area (Å²) in [6.07, 6.45) is 3.03. The van der Waals surface area contributed by atoms with Gasteiger partial charge in [0.15, 0.2) is 6.61 Å². The first-order valence-electron chi connectivity index (χ1n) is 8.07. The molecular weight excluding hydrogens is 346 g/mol. The number of nitrogens with zero attached hydrogens (tertiary/aromatic N) is 1. The summed E-state index contributed by atoms with van der Waals surface area (Å²) in [5, 5.41) is 2.52. The van der Waals surface area contributed by atoms with Gasteiger partial charge in [-0.25, -0.2) is 8.42 Å². The minimum atomic E-state index is -3.75. The van der Waals surface area contributed by atoms with Gasteiger partial charge < -0.3 is 10.1 Å². The fraction of sp³-hybridized carbons (Fsp3) is 0.438. The number of anilines is 1. The van der Waals surface area contributed by atoms with E-state index in [1.54, 1.807) is 6.07 Å². The van der Waals surface area contributed by atoms with E-state index in [1.165, 1.54) is 18.2 Å². The Labute approximate surface area is 145 Å². The maximum absolute atomic E-state index is 12.3. The Hall–Kier alpha value is -2.42. The van der Waals surface area contributed by atoms with Gasteiger partial charge in [-0.15, -0.1) is 0 Å². The number of esters is 1. The second-order valence-corrected chi connectivity index (χ2v) is 7.68. The van der Waals surface area contributed by atoms with E-state index >= 15 is 0 Å². The van der Waals surface area contributed by atoms with E-state index in [0.29, 0.717) is 24.5 Å². The molecule has 3 rings (SSSR count). The van der Waals surface area contributed by atoms with Gasteiger partial charge in [0.05, 0.1) is 10.8 Å². The van der Waals surface area contributed by atoms with Gasteiger partial charge in [-0.1, -0.05) is 6.07 Å². The molecule has 1 aromatic rings. The smallest absolute Gasteiger partial charge is 0.309 e. The van der Waals surface area contributed by atoms with Crippen molar-refractivity contribution in [2.24, 2.45) is 10.9 Å². The molecule has 0 saturated heterocycles. The molecule has 1 fully saturated rings. The number of benzene rings is 1. The van der Waals surface area contributed by atoms with Crippen molar-refractivity contribution in [3.63, 3.8) is 0 Å². The van der Waals surface area contributed by atoms with Gasteiger partial charge in [-0.05, 0) is 37.5 Å². The average molecular weight is 365 g/mol. The lowest BCUT2D eigenvalue weighted by atomic mass is 10.3. The van der Waals surface area contributed by atoms with Crippen molar-refractivity contribution in [1.29, 1.82) is 0 Å². The molecule has 25 heavy (non-hydrogen) atoms. The first-order chi connectivity index (χ1) is 11.9. The van der Waals surface area contributed by atoms with E-state index in [2.05, 4.69) is 15.0 Å². The zero-order valence-electron chi connectivity index (χ0n) is 13.5. The van der Waals surface area contributed by atoms with Crippen LogP contribution in [0.2, 0.25) is 0 Å². The Kier molecular flexibility index (Phi) is 5.03. The molecular formula is C16H19N3O5S. The third-order valence-corrected chi connectivity index (χ3v) is 5.19. The molecule has 0 atom stereocenters. The molecule has 1 aromatic carbocycles. The van der Waals surface area contributed by atoms with Gasteiger partial charge in [-0.3, -0.25) is 19.3 Å². The van der Waals surface area contributed by atoms with Crippen molar-refractivity contribution in [3.8, 4) is 0 Å². The van der Waals surface area contributed by atoms with E-state index in [-0.39, 0.29) is 23.4 Å². The van der Waals surface area contributed by atoms with Crippen LogP contribution in [0.15, 0.2) is 34.2 Å². The molecule has 2 aliphatic rings. The van der Waals surface area contributed by atoms with Crippen molar-refractivity contribution in [3.05, 3.63) is 24.3 Å². The predicted molar refractivity (Wildman–Crippen MR) is 90.6 cm³/mol. The molecule has 0 spiro atoms. The number of nitrogens with one attached hydrogen (secondary N) is 2. The Balaban J connectivity index is 1.60. The lowest BCUT2D eigenvalue weighted by Crippen LogP contribution is -2.29. The lowest BCUT2D eigenvalue weighted by Gasteiger charge is -2.10. The number of amidine groups is 1.